The van der Waals surface area contributed by atoms with Crippen molar-refractivity contribution in [1.29, 1.82) is 0 Å². The SMILES string of the molecule is CNN1CC(=O)NC(=O)C1. The second kappa shape index (κ2) is 2.76. The molecule has 0 spiro atoms. The number of nitrogens with one attached hydrogen (secondary N) is 2. The Hall–Kier alpha value is -0.940. The van der Waals surface area contributed by atoms with Gasteiger partial charge >= 0.3 is 0 Å². The number of nitrogens with zero attached hydrogens (tertiary/aromatic N) is 1. The maximum absolute atomic E-state index is 10.6. The van der Waals surface area contributed by atoms with Gasteiger partial charge in [0.2, 0.25) is 11.8 Å². The van der Waals surface area contributed by atoms with Crippen LogP contribution < -0.4 is 10.7 Å². The van der Waals surface area contributed by atoms with Crippen molar-refractivity contribution in [3.63, 3.8) is 0 Å². The Bertz CT molecular complexity index is 152. The largest absolute Gasteiger partial charge is 0.294 e. The number of carbonyl (C=O) groups is 2. The molecule has 5 heteroatoms. The van der Waals surface area contributed by atoms with Crippen LogP contribution in [0.15, 0.2) is 0 Å². The van der Waals surface area contributed by atoms with Crippen molar-refractivity contribution < 1.29 is 9.59 Å². The molecule has 5 nitrogen and oxygen atoms in total. The highest BCUT2D eigenvalue weighted by atomic mass is 16.2. The van der Waals surface area contributed by atoms with Crippen molar-refractivity contribution in [2.45, 2.75) is 0 Å². The minimum Gasteiger partial charge on any atom is -0.294 e. The zero-order valence-corrected chi connectivity index (χ0v) is 5.68. The molecule has 56 valence electrons. The van der Waals surface area contributed by atoms with E-state index in [1.54, 1.807) is 12.1 Å². The third kappa shape index (κ3) is 1.52. The molecule has 1 aliphatic rings. The zero-order valence-electron chi connectivity index (χ0n) is 5.68. The summed E-state index contributed by atoms with van der Waals surface area (Å²) in [6.45, 7) is 0.477. The van der Waals surface area contributed by atoms with Crippen LogP contribution in [0, 0.1) is 0 Å². The van der Waals surface area contributed by atoms with E-state index in [0.717, 1.165) is 0 Å². The summed E-state index contributed by atoms with van der Waals surface area (Å²) in [4.78, 5) is 21.3. The van der Waals surface area contributed by atoms with Crippen LogP contribution in [0.25, 0.3) is 0 Å². The van der Waals surface area contributed by atoms with Crippen molar-refractivity contribution in [2.75, 3.05) is 20.1 Å². The number of amides is 2. The van der Waals surface area contributed by atoms with Gasteiger partial charge in [0, 0.05) is 0 Å². The van der Waals surface area contributed by atoms with Gasteiger partial charge in [-0.3, -0.25) is 20.3 Å². The van der Waals surface area contributed by atoms with Crippen LogP contribution in [-0.4, -0.2) is 37.0 Å². The predicted molar refractivity (Wildman–Crippen MR) is 33.8 cm³/mol. The van der Waals surface area contributed by atoms with E-state index in [9.17, 15) is 9.59 Å². The van der Waals surface area contributed by atoms with Crippen molar-refractivity contribution in [2.24, 2.45) is 0 Å². The van der Waals surface area contributed by atoms with E-state index in [0.29, 0.717) is 0 Å². The fraction of sp³-hybridized carbons (Fsp3) is 0.600. The third-order valence-corrected chi connectivity index (χ3v) is 1.26. The lowest BCUT2D eigenvalue weighted by Gasteiger charge is -2.23. The van der Waals surface area contributed by atoms with E-state index in [1.807, 2.05) is 0 Å². The lowest BCUT2D eigenvalue weighted by Crippen LogP contribution is -2.55. The summed E-state index contributed by atoms with van der Waals surface area (Å²) in [5.41, 5.74) is 2.72. The van der Waals surface area contributed by atoms with Gasteiger partial charge in [-0.2, -0.15) is 0 Å². The predicted octanol–water partition coefficient (Wildman–Crippen LogP) is -1.92. The second-order valence-electron chi connectivity index (χ2n) is 2.05. The van der Waals surface area contributed by atoms with E-state index in [4.69, 9.17) is 0 Å². The molecule has 0 aliphatic carbocycles. The standard InChI is InChI=1S/C5H9N3O2/c1-6-8-2-4(9)7-5(10)3-8/h6H,2-3H2,1H3,(H,7,9,10). The molecule has 2 amide bonds. The molecule has 0 saturated carbocycles. The van der Waals surface area contributed by atoms with E-state index in [-0.39, 0.29) is 24.9 Å². The summed E-state index contributed by atoms with van der Waals surface area (Å²) >= 11 is 0. The van der Waals surface area contributed by atoms with Gasteiger partial charge < -0.3 is 0 Å². The number of hydrazine groups is 1. The molecule has 0 aromatic carbocycles. The van der Waals surface area contributed by atoms with Gasteiger partial charge in [0.25, 0.3) is 0 Å². The number of rotatable bonds is 1. The zero-order chi connectivity index (χ0) is 7.56. The fourth-order valence-electron chi connectivity index (χ4n) is 0.795. The molecular formula is C5H9N3O2. The summed E-state index contributed by atoms with van der Waals surface area (Å²) in [6, 6.07) is 0. The van der Waals surface area contributed by atoms with Crippen molar-refractivity contribution in [3.05, 3.63) is 0 Å². The lowest BCUT2D eigenvalue weighted by molar-refractivity contribution is -0.137. The number of hydrogen-bond donors (Lipinski definition) is 2. The Morgan fingerprint density at radius 3 is 2.30 bits per heavy atom. The van der Waals surface area contributed by atoms with Gasteiger partial charge in [-0.25, -0.2) is 5.01 Å². The Morgan fingerprint density at radius 1 is 1.40 bits per heavy atom. The molecule has 1 saturated heterocycles. The summed E-state index contributed by atoms with van der Waals surface area (Å²) in [5, 5.41) is 3.73. The maximum atomic E-state index is 10.6. The summed E-state index contributed by atoms with van der Waals surface area (Å²) in [7, 11) is 1.67. The molecule has 1 heterocycles. The molecule has 0 atom stereocenters. The number of hydrogen-bond acceptors (Lipinski definition) is 4. The maximum Gasteiger partial charge on any atom is 0.242 e. The van der Waals surface area contributed by atoms with Gasteiger partial charge in [0.05, 0.1) is 13.1 Å². The highest BCUT2D eigenvalue weighted by Gasteiger charge is 2.20. The number of imide groups is 1. The van der Waals surface area contributed by atoms with Crippen LogP contribution >= 0.6 is 0 Å². The quantitative estimate of drug-likeness (QED) is 0.420. The minimum atomic E-state index is -0.259. The van der Waals surface area contributed by atoms with Crippen LogP contribution in [0.2, 0.25) is 0 Å². The molecular weight excluding hydrogens is 134 g/mol. The molecule has 2 N–H and O–H groups in total. The molecule has 10 heavy (non-hydrogen) atoms. The monoisotopic (exact) mass is 143 g/mol. The van der Waals surface area contributed by atoms with Gasteiger partial charge in [0.15, 0.2) is 0 Å². The van der Waals surface area contributed by atoms with Crippen LogP contribution in [0.4, 0.5) is 0 Å². The van der Waals surface area contributed by atoms with Crippen molar-refractivity contribution >= 4 is 11.8 Å². The number of piperazine rings is 1. The summed E-state index contributed by atoms with van der Waals surface area (Å²) in [5.74, 6) is -0.517. The fourth-order valence-corrected chi connectivity index (χ4v) is 0.795. The molecule has 1 aliphatic heterocycles. The first-order chi connectivity index (χ1) is 4.72. The molecule has 1 rings (SSSR count). The Morgan fingerprint density at radius 2 is 1.90 bits per heavy atom. The lowest BCUT2D eigenvalue weighted by atomic mass is 10.4. The van der Waals surface area contributed by atoms with Gasteiger partial charge in [-0.1, -0.05) is 0 Å². The Balaban J connectivity index is 2.50. The Kier molecular flexibility index (Phi) is 1.98. The Labute approximate surface area is 58.3 Å². The molecule has 0 radical (unpaired) electrons. The molecule has 0 aromatic rings. The first-order valence-corrected chi connectivity index (χ1v) is 2.97. The topological polar surface area (TPSA) is 61.4 Å². The molecule has 0 unspecified atom stereocenters. The smallest absolute Gasteiger partial charge is 0.242 e. The van der Waals surface area contributed by atoms with Crippen LogP contribution in [-0.2, 0) is 9.59 Å². The van der Waals surface area contributed by atoms with Crippen LogP contribution in [0.3, 0.4) is 0 Å². The van der Waals surface area contributed by atoms with Crippen molar-refractivity contribution in [1.82, 2.24) is 15.8 Å². The van der Waals surface area contributed by atoms with Crippen molar-refractivity contribution in [3.8, 4) is 0 Å². The van der Waals surface area contributed by atoms with Crippen LogP contribution in [0.1, 0.15) is 0 Å². The van der Waals surface area contributed by atoms with Gasteiger partial charge in [0.1, 0.15) is 0 Å². The molecule has 1 fully saturated rings. The molecule has 0 aromatic heterocycles. The van der Waals surface area contributed by atoms with Gasteiger partial charge in [-0.15, -0.1) is 0 Å². The van der Waals surface area contributed by atoms with Crippen LogP contribution in [0.5, 0.6) is 0 Å². The average molecular weight is 143 g/mol. The first-order valence-electron chi connectivity index (χ1n) is 2.97. The highest BCUT2D eigenvalue weighted by Crippen LogP contribution is 1.87. The average Bonchev–Trinajstić information content (AvgIpc) is 1.85. The molecule has 0 bridgehead atoms. The second-order valence-corrected chi connectivity index (χ2v) is 2.05. The van der Waals surface area contributed by atoms with E-state index >= 15 is 0 Å². The number of carbonyl (C=O) groups excluding carboxylic acids is 2. The highest BCUT2D eigenvalue weighted by molar-refractivity contribution is 5.99. The minimum absolute atomic E-state index is 0.238. The van der Waals surface area contributed by atoms with E-state index in [2.05, 4.69) is 10.7 Å². The third-order valence-electron chi connectivity index (χ3n) is 1.26. The van der Waals surface area contributed by atoms with E-state index < -0.39 is 0 Å². The summed E-state index contributed by atoms with van der Waals surface area (Å²) in [6.07, 6.45) is 0. The van der Waals surface area contributed by atoms with Gasteiger partial charge in [-0.05, 0) is 7.05 Å². The van der Waals surface area contributed by atoms with E-state index in [1.165, 1.54) is 0 Å². The normalized spacial score (nSPS) is 20.9. The first kappa shape index (κ1) is 7.17. The summed E-state index contributed by atoms with van der Waals surface area (Å²) < 4.78 is 0.